The number of nitrogens with zero attached hydrogens (tertiary/aromatic N) is 1. The highest BCUT2D eigenvalue weighted by atomic mass is 16.7. The van der Waals surface area contributed by atoms with Crippen LogP contribution in [0.4, 0.5) is 9.59 Å². The lowest BCUT2D eigenvalue weighted by Gasteiger charge is -2.37. The van der Waals surface area contributed by atoms with E-state index in [0.29, 0.717) is 25.9 Å². The van der Waals surface area contributed by atoms with Gasteiger partial charge in [0.1, 0.15) is 5.60 Å². The van der Waals surface area contributed by atoms with Crippen molar-refractivity contribution in [1.82, 2.24) is 4.90 Å². The summed E-state index contributed by atoms with van der Waals surface area (Å²) in [5, 5.41) is 0. The van der Waals surface area contributed by atoms with Crippen molar-refractivity contribution >= 4 is 12.2 Å². The number of carbonyl (C=O) groups is 2. The maximum absolute atomic E-state index is 11.9. The average Bonchev–Trinajstić information content (AvgIpc) is 2.37. The Morgan fingerprint density at radius 2 is 1.80 bits per heavy atom. The van der Waals surface area contributed by atoms with Crippen molar-refractivity contribution in [2.75, 3.05) is 20.2 Å². The van der Waals surface area contributed by atoms with Gasteiger partial charge in [0, 0.05) is 25.9 Å². The van der Waals surface area contributed by atoms with Crippen molar-refractivity contribution in [3.63, 3.8) is 0 Å². The quantitative estimate of drug-likeness (QED) is 0.545. The molecule has 0 aliphatic carbocycles. The van der Waals surface area contributed by atoms with E-state index >= 15 is 0 Å². The van der Waals surface area contributed by atoms with Gasteiger partial charge < -0.3 is 19.1 Å². The van der Waals surface area contributed by atoms with Gasteiger partial charge in [-0.25, -0.2) is 9.59 Å². The summed E-state index contributed by atoms with van der Waals surface area (Å²) in [5.74, 6) is 2.49. The lowest BCUT2D eigenvalue weighted by molar-refractivity contribution is -0.0337. The predicted octanol–water partition coefficient (Wildman–Crippen LogP) is 2.17. The molecule has 0 aromatic heterocycles. The Hall–Kier alpha value is -1.90. The molecule has 0 radical (unpaired) electrons. The molecule has 1 aliphatic heterocycles. The van der Waals surface area contributed by atoms with E-state index in [4.69, 9.17) is 15.9 Å². The molecule has 20 heavy (non-hydrogen) atoms. The number of rotatable bonds is 1. The molecule has 1 heterocycles. The number of methoxy groups -OCH3 is 1. The zero-order chi connectivity index (χ0) is 15.4. The second kappa shape index (κ2) is 6.04. The number of piperidine rings is 1. The number of amides is 1. The molecule has 0 spiro atoms. The monoisotopic (exact) mass is 283 g/mol. The zero-order valence-corrected chi connectivity index (χ0v) is 12.4. The highest BCUT2D eigenvalue weighted by Crippen LogP contribution is 2.27. The van der Waals surface area contributed by atoms with Gasteiger partial charge in [0.05, 0.1) is 7.11 Å². The van der Waals surface area contributed by atoms with Crippen LogP contribution in [0.5, 0.6) is 0 Å². The SMILES string of the molecule is C#CC1(OC(=O)OC)CCN(C(=O)OC(C)(C)C)CC1. The van der Waals surface area contributed by atoms with Gasteiger partial charge in [-0.1, -0.05) is 5.92 Å². The molecule has 0 unspecified atom stereocenters. The average molecular weight is 283 g/mol. The van der Waals surface area contributed by atoms with E-state index in [1.807, 2.05) is 0 Å². The lowest BCUT2D eigenvalue weighted by atomic mass is 9.92. The molecule has 6 heteroatoms. The van der Waals surface area contributed by atoms with Crippen LogP contribution >= 0.6 is 0 Å². The fourth-order valence-electron chi connectivity index (χ4n) is 1.85. The minimum absolute atomic E-state index is 0.359. The second-order valence-electron chi connectivity index (χ2n) is 5.66. The first kappa shape index (κ1) is 16.2. The largest absolute Gasteiger partial charge is 0.509 e. The van der Waals surface area contributed by atoms with Gasteiger partial charge in [0.15, 0.2) is 5.60 Å². The molecular formula is C14H21NO5. The Morgan fingerprint density at radius 3 is 2.20 bits per heavy atom. The van der Waals surface area contributed by atoms with Crippen LogP contribution < -0.4 is 0 Å². The van der Waals surface area contributed by atoms with Crippen LogP contribution in [0, 0.1) is 12.3 Å². The predicted molar refractivity (Wildman–Crippen MR) is 72.1 cm³/mol. The molecule has 1 fully saturated rings. The zero-order valence-electron chi connectivity index (χ0n) is 12.4. The van der Waals surface area contributed by atoms with E-state index in [0.717, 1.165) is 0 Å². The van der Waals surface area contributed by atoms with Gasteiger partial charge in [0.2, 0.25) is 0 Å². The number of terminal acetylenes is 1. The number of carbonyl (C=O) groups excluding carboxylic acids is 2. The highest BCUT2D eigenvalue weighted by molar-refractivity contribution is 5.68. The van der Waals surface area contributed by atoms with E-state index in [1.165, 1.54) is 7.11 Å². The summed E-state index contributed by atoms with van der Waals surface area (Å²) in [5.41, 5.74) is -1.55. The molecule has 0 bridgehead atoms. The van der Waals surface area contributed by atoms with Crippen molar-refractivity contribution in [3.05, 3.63) is 0 Å². The molecule has 0 atom stereocenters. The normalized spacial score (nSPS) is 17.9. The van der Waals surface area contributed by atoms with Crippen molar-refractivity contribution in [1.29, 1.82) is 0 Å². The van der Waals surface area contributed by atoms with Gasteiger partial charge in [-0.2, -0.15) is 0 Å². The molecule has 6 nitrogen and oxygen atoms in total. The first-order valence-electron chi connectivity index (χ1n) is 6.44. The van der Waals surface area contributed by atoms with Crippen LogP contribution in [0.2, 0.25) is 0 Å². The molecular weight excluding hydrogens is 262 g/mol. The molecule has 0 aromatic rings. The lowest BCUT2D eigenvalue weighted by Crippen LogP contribution is -2.49. The molecule has 1 amide bonds. The molecule has 1 aliphatic rings. The number of likely N-dealkylation sites (tertiary alicyclic amines) is 1. The highest BCUT2D eigenvalue weighted by Gasteiger charge is 2.39. The second-order valence-corrected chi connectivity index (χ2v) is 5.66. The third-order valence-corrected chi connectivity index (χ3v) is 2.93. The third kappa shape index (κ3) is 4.34. The number of hydrogen-bond donors (Lipinski definition) is 0. The molecule has 112 valence electrons. The fourth-order valence-corrected chi connectivity index (χ4v) is 1.85. The molecule has 1 saturated heterocycles. The summed E-state index contributed by atoms with van der Waals surface area (Å²) in [7, 11) is 1.22. The van der Waals surface area contributed by atoms with E-state index in [1.54, 1.807) is 25.7 Å². The van der Waals surface area contributed by atoms with Crippen LogP contribution in [0.25, 0.3) is 0 Å². The van der Waals surface area contributed by atoms with Crippen molar-refractivity contribution in [3.8, 4) is 12.3 Å². The summed E-state index contributed by atoms with van der Waals surface area (Å²) >= 11 is 0. The maximum atomic E-state index is 11.9. The maximum Gasteiger partial charge on any atom is 0.509 e. The first-order valence-corrected chi connectivity index (χ1v) is 6.44. The fraction of sp³-hybridized carbons (Fsp3) is 0.714. The Bertz CT molecular complexity index is 410. The standard InChI is InChI=1S/C14H21NO5/c1-6-14(20-12(17)18-5)7-9-15(10-8-14)11(16)19-13(2,3)4/h1H,7-10H2,2-5H3. The minimum atomic E-state index is -1.01. The van der Waals surface area contributed by atoms with Gasteiger partial charge in [-0.05, 0) is 20.8 Å². The van der Waals surface area contributed by atoms with E-state index in [9.17, 15) is 9.59 Å². The Kier molecular flexibility index (Phi) is 4.88. The Labute approximate surface area is 119 Å². The summed E-state index contributed by atoms with van der Waals surface area (Å²) in [6, 6.07) is 0. The van der Waals surface area contributed by atoms with Crippen LogP contribution in [0.15, 0.2) is 0 Å². The Morgan fingerprint density at radius 1 is 1.25 bits per heavy atom. The smallest absolute Gasteiger partial charge is 0.444 e. The van der Waals surface area contributed by atoms with Gasteiger partial charge in [0.25, 0.3) is 0 Å². The molecule has 1 rings (SSSR count). The van der Waals surface area contributed by atoms with E-state index in [2.05, 4.69) is 10.7 Å². The van der Waals surface area contributed by atoms with Crippen LogP contribution in [-0.2, 0) is 14.2 Å². The molecule has 0 saturated carbocycles. The van der Waals surface area contributed by atoms with Crippen LogP contribution in [0.3, 0.4) is 0 Å². The number of hydrogen-bond acceptors (Lipinski definition) is 5. The van der Waals surface area contributed by atoms with Crippen molar-refractivity contribution in [2.24, 2.45) is 0 Å². The topological polar surface area (TPSA) is 65.1 Å². The van der Waals surface area contributed by atoms with E-state index in [-0.39, 0.29) is 6.09 Å². The summed E-state index contributed by atoms with van der Waals surface area (Å²) in [4.78, 5) is 24.7. The van der Waals surface area contributed by atoms with Crippen LogP contribution in [-0.4, -0.2) is 48.5 Å². The van der Waals surface area contributed by atoms with E-state index < -0.39 is 17.4 Å². The summed E-state index contributed by atoms with van der Waals surface area (Å²) in [6.07, 6.45) is 4.97. The number of ether oxygens (including phenoxy) is 3. The van der Waals surface area contributed by atoms with Crippen LogP contribution in [0.1, 0.15) is 33.6 Å². The van der Waals surface area contributed by atoms with Crippen molar-refractivity contribution in [2.45, 2.75) is 44.8 Å². The minimum Gasteiger partial charge on any atom is -0.444 e. The van der Waals surface area contributed by atoms with Crippen molar-refractivity contribution < 1.29 is 23.8 Å². The first-order chi connectivity index (χ1) is 9.21. The molecule has 0 aromatic carbocycles. The third-order valence-electron chi connectivity index (χ3n) is 2.93. The van der Waals surface area contributed by atoms with Gasteiger partial charge in [-0.3, -0.25) is 0 Å². The van der Waals surface area contributed by atoms with Gasteiger partial charge in [-0.15, -0.1) is 6.42 Å². The van der Waals surface area contributed by atoms with Gasteiger partial charge >= 0.3 is 12.2 Å². The Balaban J connectivity index is 2.60. The molecule has 0 N–H and O–H groups in total. The summed E-state index contributed by atoms with van der Waals surface area (Å²) in [6.45, 7) is 6.16. The summed E-state index contributed by atoms with van der Waals surface area (Å²) < 4.78 is 14.9.